The Morgan fingerprint density at radius 3 is 1.50 bits per heavy atom. The quantitative estimate of drug-likeness (QED) is 0.479. The molecule has 0 heterocycles. The molecule has 0 saturated carbocycles. The fourth-order valence-electron chi connectivity index (χ4n) is 2.24. The number of rotatable bonds is 10. The Bertz CT molecular complexity index is 512. The van der Waals surface area contributed by atoms with Gasteiger partial charge in [-0.05, 0) is 56.8 Å². The molecule has 0 unspecified atom stereocenters. The number of hydrogen-bond acceptors (Lipinski definition) is 2. The first-order chi connectivity index (χ1) is 11.5. The van der Waals surface area contributed by atoms with Gasteiger partial charge in [-0.25, -0.2) is 0 Å². The Morgan fingerprint density at radius 1 is 0.792 bits per heavy atom. The van der Waals surface area contributed by atoms with Gasteiger partial charge in [-0.2, -0.15) is 0 Å². The number of halogens is 2. The Morgan fingerprint density at radius 2 is 1.17 bits per heavy atom. The van der Waals surface area contributed by atoms with Crippen LogP contribution in [0.1, 0.15) is 73.1 Å². The van der Waals surface area contributed by atoms with Crippen molar-refractivity contribution >= 4 is 43.7 Å². The third kappa shape index (κ3) is 6.93. The van der Waals surface area contributed by atoms with Crippen LogP contribution in [0.5, 0.6) is 0 Å². The first-order valence-corrected chi connectivity index (χ1v) is 10.1. The molecule has 0 saturated heterocycles. The van der Waals surface area contributed by atoms with Crippen LogP contribution >= 0.6 is 31.9 Å². The topological polar surface area (TPSA) is 58.2 Å². The highest BCUT2D eigenvalue weighted by molar-refractivity contribution is 9.11. The second kappa shape index (κ2) is 11.6. The largest absolute Gasteiger partial charge is 0.352 e. The number of benzene rings is 1. The van der Waals surface area contributed by atoms with Gasteiger partial charge in [-0.3, -0.25) is 9.59 Å². The van der Waals surface area contributed by atoms with Crippen LogP contribution < -0.4 is 10.6 Å². The lowest BCUT2D eigenvalue weighted by atomic mass is 10.1. The molecule has 0 spiro atoms. The van der Waals surface area contributed by atoms with Gasteiger partial charge in [0.1, 0.15) is 0 Å². The van der Waals surface area contributed by atoms with Crippen molar-refractivity contribution in [3.63, 3.8) is 0 Å². The summed E-state index contributed by atoms with van der Waals surface area (Å²) in [5, 5.41) is 5.82. The van der Waals surface area contributed by atoms with Crippen LogP contribution in [0.4, 0.5) is 0 Å². The second-order valence-electron chi connectivity index (χ2n) is 5.74. The normalized spacial score (nSPS) is 10.5. The van der Waals surface area contributed by atoms with Crippen LogP contribution in [0.15, 0.2) is 21.1 Å². The second-order valence-corrected chi connectivity index (χ2v) is 7.45. The van der Waals surface area contributed by atoms with E-state index in [1.54, 1.807) is 12.1 Å². The first-order valence-electron chi connectivity index (χ1n) is 8.56. The molecular weight excluding hydrogens is 436 g/mol. The first kappa shape index (κ1) is 21.2. The minimum absolute atomic E-state index is 0.131. The minimum atomic E-state index is -0.131. The molecule has 1 rings (SSSR count). The standard InChI is InChI=1S/C18H26Br2N2O2/c1-3-5-7-9-21-17(23)13-11-16(20)14(12-15(13)19)18(24)22-10-8-6-4-2/h11-12H,3-10H2,1-2H3,(H,21,23)(H,22,24). The summed E-state index contributed by atoms with van der Waals surface area (Å²) in [7, 11) is 0. The van der Waals surface area contributed by atoms with Gasteiger partial charge >= 0.3 is 0 Å². The number of nitrogens with one attached hydrogen (secondary N) is 2. The summed E-state index contributed by atoms with van der Waals surface area (Å²) >= 11 is 6.81. The van der Waals surface area contributed by atoms with Gasteiger partial charge in [0.2, 0.25) is 0 Å². The van der Waals surface area contributed by atoms with Crippen molar-refractivity contribution in [2.75, 3.05) is 13.1 Å². The zero-order chi connectivity index (χ0) is 17.9. The van der Waals surface area contributed by atoms with Crippen molar-refractivity contribution in [3.05, 3.63) is 32.2 Å². The molecule has 24 heavy (non-hydrogen) atoms. The van der Waals surface area contributed by atoms with Gasteiger partial charge in [-0.1, -0.05) is 39.5 Å². The van der Waals surface area contributed by atoms with Gasteiger partial charge in [0.15, 0.2) is 0 Å². The number of carbonyl (C=O) groups excluding carboxylic acids is 2. The SMILES string of the molecule is CCCCCNC(=O)c1cc(Br)c(C(=O)NCCCCC)cc1Br. The fraction of sp³-hybridized carbons (Fsp3) is 0.556. The zero-order valence-corrected chi connectivity index (χ0v) is 17.6. The molecule has 0 fully saturated rings. The van der Waals surface area contributed by atoms with Gasteiger partial charge in [-0.15, -0.1) is 0 Å². The number of amides is 2. The van der Waals surface area contributed by atoms with Crippen LogP contribution in [-0.2, 0) is 0 Å². The highest BCUT2D eigenvalue weighted by Crippen LogP contribution is 2.26. The van der Waals surface area contributed by atoms with E-state index in [-0.39, 0.29) is 11.8 Å². The van der Waals surface area contributed by atoms with E-state index in [0.29, 0.717) is 33.2 Å². The number of hydrogen-bond donors (Lipinski definition) is 2. The Labute approximate surface area is 161 Å². The predicted octanol–water partition coefficient (Wildman–Crippen LogP) is 5.05. The van der Waals surface area contributed by atoms with E-state index in [9.17, 15) is 9.59 Å². The molecule has 2 N–H and O–H groups in total. The molecule has 6 heteroatoms. The molecule has 0 aliphatic carbocycles. The highest BCUT2D eigenvalue weighted by Gasteiger charge is 2.16. The molecule has 134 valence electrons. The van der Waals surface area contributed by atoms with Crippen molar-refractivity contribution in [1.82, 2.24) is 10.6 Å². The Balaban J connectivity index is 2.70. The van der Waals surface area contributed by atoms with Crippen LogP contribution in [0.25, 0.3) is 0 Å². The summed E-state index contributed by atoms with van der Waals surface area (Å²) in [5.41, 5.74) is 1.06. The summed E-state index contributed by atoms with van der Waals surface area (Å²) in [6, 6.07) is 3.39. The monoisotopic (exact) mass is 460 g/mol. The minimum Gasteiger partial charge on any atom is -0.352 e. The molecule has 0 radical (unpaired) electrons. The van der Waals surface area contributed by atoms with E-state index < -0.39 is 0 Å². The Kier molecular flexibility index (Phi) is 10.3. The average Bonchev–Trinajstić information content (AvgIpc) is 2.57. The molecule has 0 atom stereocenters. The number of unbranched alkanes of at least 4 members (excludes halogenated alkanes) is 4. The maximum absolute atomic E-state index is 12.2. The lowest BCUT2D eigenvalue weighted by Crippen LogP contribution is -2.27. The molecule has 4 nitrogen and oxygen atoms in total. The Hall–Kier alpha value is -0.880. The molecule has 0 bridgehead atoms. The lowest BCUT2D eigenvalue weighted by Gasteiger charge is -2.11. The van der Waals surface area contributed by atoms with Crippen molar-refractivity contribution in [2.45, 2.75) is 52.4 Å². The van der Waals surface area contributed by atoms with Crippen molar-refractivity contribution in [2.24, 2.45) is 0 Å². The number of carbonyl (C=O) groups is 2. The van der Waals surface area contributed by atoms with Crippen molar-refractivity contribution in [3.8, 4) is 0 Å². The van der Waals surface area contributed by atoms with Crippen LogP contribution in [0.3, 0.4) is 0 Å². The predicted molar refractivity (Wildman–Crippen MR) is 106 cm³/mol. The van der Waals surface area contributed by atoms with Crippen LogP contribution in [-0.4, -0.2) is 24.9 Å². The summed E-state index contributed by atoms with van der Waals surface area (Å²) in [6.45, 7) is 5.58. The third-order valence-electron chi connectivity index (χ3n) is 3.68. The van der Waals surface area contributed by atoms with E-state index >= 15 is 0 Å². The molecule has 0 aromatic heterocycles. The maximum atomic E-state index is 12.2. The van der Waals surface area contributed by atoms with E-state index in [4.69, 9.17) is 0 Å². The summed E-state index contributed by atoms with van der Waals surface area (Å²) in [5.74, 6) is -0.262. The van der Waals surface area contributed by atoms with E-state index in [1.165, 1.54) is 0 Å². The van der Waals surface area contributed by atoms with Crippen LogP contribution in [0.2, 0.25) is 0 Å². The fourth-order valence-corrected chi connectivity index (χ4v) is 3.29. The van der Waals surface area contributed by atoms with Gasteiger partial charge in [0.05, 0.1) is 11.1 Å². The molecule has 2 amide bonds. The molecule has 1 aromatic carbocycles. The zero-order valence-electron chi connectivity index (χ0n) is 14.4. The van der Waals surface area contributed by atoms with Gasteiger partial charge in [0, 0.05) is 22.0 Å². The van der Waals surface area contributed by atoms with E-state index in [1.807, 2.05) is 0 Å². The molecule has 0 aliphatic rings. The van der Waals surface area contributed by atoms with Gasteiger partial charge in [0.25, 0.3) is 11.8 Å². The average molecular weight is 462 g/mol. The smallest absolute Gasteiger partial charge is 0.252 e. The van der Waals surface area contributed by atoms with Gasteiger partial charge < -0.3 is 10.6 Å². The van der Waals surface area contributed by atoms with Crippen LogP contribution in [0, 0.1) is 0 Å². The molecular formula is C18H26Br2N2O2. The lowest BCUT2D eigenvalue weighted by molar-refractivity contribution is 0.0939. The van der Waals surface area contributed by atoms with E-state index in [0.717, 1.165) is 38.5 Å². The third-order valence-corrected chi connectivity index (χ3v) is 4.99. The van der Waals surface area contributed by atoms with E-state index in [2.05, 4.69) is 56.3 Å². The summed E-state index contributed by atoms with van der Waals surface area (Å²) in [6.07, 6.45) is 6.38. The summed E-state index contributed by atoms with van der Waals surface area (Å²) < 4.78 is 1.25. The maximum Gasteiger partial charge on any atom is 0.252 e. The highest BCUT2D eigenvalue weighted by atomic mass is 79.9. The molecule has 0 aliphatic heterocycles. The molecule has 1 aromatic rings. The summed E-state index contributed by atoms with van der Waals surface area (Å²) in [4.78, 5) is 24.5. The van der Waals surface area contributed by atoms with Crippen molar-refractivity contribution in [1.29, 1.82) is 0 Å². The van der Waals surface area contributed by atoms with Crippen molar-refractivity contribution < 1.29 is 9.59 Å².